The van der Waals surface area contributed by atoms with Crippen LogP contribution in [0.5, 0.6) is 0 Å². The Morgan fingerprint density at radius 1 is 1.14 bits per heavy atom. The van der Waals surface area contributed by atoms with Crippen LogP contribution in [0.3, 0.4) is 0 Å². The molecule has 0 aromatic heterocycles. The molecule has 0 saturated heterocycles. The zero-order valence-corrected chi connectivity index (χ0v) is 14.6. The highest BCUT2D eigenvalue weighted by Gasteiger charge is 2.21. The highest BCUT2D eigenvalue weighted by molar-refractivity contribution is 7.89. The lowest BCUT2D eigenvalue weighted by Gasteiger charge is -2.23. The Morgan fingerprint density at radius 2 is 1.81 bits per heavy atom. The minimum absolute atomic E-state index is 0.0375. The molecule has 4 nitrogen and oxygen atoms in total. The first-order chi connectivity index (χ1) is 9.75. The first-order valence-corrected chi connectivity index (χ1v) is 9.00. The van der Waals surface area contributed by atoms with Crippen LogP contribution in [-0.2, 0) is 23.0 Å². The van der Waals surface area contributed by atoms with E-state index in [2.05, 4.69) is 37.7 Å². The van der Waals surface area contributed by atoms with Gasteiger partial charge in [0.15, 0.2) is 0 Å². The summed E-state index contributed by atoms with van der Waals surface area (Å²) in [6.45, 7) is 9.38. The second-order valence-electron chi connectivity index (χ2n) is 6.16. The summed E-state index contributed by atoms with van der Waals surface area (Å²) in [6.07, 6.45) is 1.82. The van der Waals surface area contributed by atoms with Gasteiger partial charge in [-0.3, -0.25) is 0 Å². The summed E-state index contributed by atoms with van der Waals surface area (Å²) < 4.78 is 27.6. The Bertz CT molecular complexity index is 566. The molecule has 21 heavy (non-hydrogen) atoms. The second-order valence-corrected chi connectivity index (χ2v) is 7.92. The quantitative estimate of drug-likeness (QED) is 0.776. The van der Waals surface area contributed by atoms with E-state index in [9.17, 15) is 8.42 Å². The number of hydrogen-bond donors (Lipinski definition) is 2. The summed E-state index contributed by atoms with van der Waals surface area (Å²) >= 11 is 0. The molecule has 0 saturated carbocycles. The molecular formula is C16H28N2O2S. The van der Waals surface area contributed by atoms with Crippen LogP contribution in [-0.4, -0.2) is 22.0 Å². The van der Waals surface area contributed by atoms with E-state index in [1.54, 1.807) is 12.1 Å². The minimum atomic E-state index is -3.45. The predicted molar refractivity (Wildman–Crippen MR) is 87.8 cm³/mol. The summed E-state index contributed by atoms with van der Waals surface area (Å²) in [6, 6.07) is 5.38. The summed E-state index contributed by atoms with van der Waals surface area (Å²) in [5.74, 6) is 0. The molecule has 0 aliphatic rings. The molecular weight excluding hydrogens is 284 g/mol. The van der Waals surface area contributed by atoms with E-state index >= 15 is 0 Å². The summed E-state index contributed by atoms with van der Waals surface area (Å²) in [4.78, 5) is 0.344. The van der Waals surface area contributed by atoms with Gasteiger partial charge in [0.05, 0.1) is 4.90 Å². The molecule has 0 atom stereocenters. The van der Waals surface area contributed by atoms with Gasteiger partial charge < -0.3 is 5.32 Å². The number of sulfonamides is 1. The van der Waals surface area contributed by atoms with Crippen molar-refractivity contribution in [2.75, 3.05) is 13.6 Å². The molecule has 1 rings (SSSR count). The molecule has 1 aromatic rings. The van der Waals surface area contributed by atoms with Gasteiger partial charge in [-0.2, -0.15) is 0 Å². The Balaban J connectivity index is 3.00. The average Bonchev–Trinajstić information content (AvgIpc) is 2.46. The second kappa shape index (κ2) is 7.38. The van der Waals surface area contributed by atoms with E-state index in [1.165, 1.54) is 5.56 Å². The van der Waals surface area contributed by atoms with Crippen LogP contribution in [0.25, 0.3) is 0 Å². The Labute approximate surface area is 129 Å². The SMILES string of the molecule is CCc1ccc(S(=O)(=O)NCC(C)(C)CC)cc1CNC. The number of aryl methyl sites for hydroxylation is 1. The maximum Gasteiger partial charge on any atom is 0.240 e. The molecule has 0 aliphatic heterocycles. The van der Waals surface area contributed by atoms with Crippen molar-refractivity contribution in [2.45, 2.75) is 52.0 Å². The number of rotatable bonds is 8. The van der Waals surface area contributed by atoms with Crippen LogP contribution < -0.4 is 10.0 Å². The zero-order valence-electron chi connectivity index (χ0n) is 13.8. The van der Waals surface area contributed by atoms with E-state index in [0.29, 0.717) is 18.0 Å². The molecule has 0 aliphatic carbocycles. The predicted octanol–water partition coefficient (Wildman–Crippen LogP) is 2.68. The minimum Gasteiger partial charge on any atom is -0.316 e. The summed E-state index contributed by atoms with van der Waals surface area (Å²) in [5, 5.41) is 3.09. The van der Waals surface area contributed by atoms with E-state index in [0.717, 1.165) is 18.4 Å². The van der Waals surface area contributed by atoms with Gasteiger partial charge in [0.25, 0.3) is 0 Å². The van der Waals surface area contributed by atoms with Gasteiger partial charge in [0.2, 0.25) is 10.0 Å². The molecule has 0 spiro atoms. The summed E-state index contributed by atoms with van der Waals surface area (Å²) in [7, 11) is -1.58. The van der Waals surface area contributed by atoms with Crippen molar-refractivity contribution < 1.29 is 8.42 Å². The molecule has 0 fully saturated rings. The first-order valence-electron chi connectivity index (χ1n) is 7.52. The van der Waals surface area contributed by atoms with Crippen LogP contribution in [0, 0.1) is 5.41 Å². The van der Waals surface area contributed by atoms with E-state index in [1.807, 2.05) is 13.1 Å². The molecule has 0 heterocycles. The lowest BCUT2D eigenvalue weighted by atomic mass is 9.91. The highest BCUT2D eigenvalue weighted by atomic mass is 32.2. The van der Waals surface area contributed by atoms with Crippen LogP contribution in [0.15, 0.2) is 23.1 Å². The van der Waals surface area contributed by atoms with Gasteiger partial charge in [0.1, 0.15) is 0 Å². The molecule has 0 unspecified atom stereocenters. The van der Waals surface area contributed by atoms with E-state index in [-0.39, 0.29) is 5.41 Å². The maximum atomic E-state index is 12.4. The highest BCUT2D eigenvalue weighted by Crippen LogP contribution is 2.21. The van der Waals surface area contributed by atoms with Crippen molar-refractivity contribution in [3.63, 3.8) is 0 Å². The van der Waals surface area contributed by atoms with Crippen molar-refractivity contribution in [1.82, 2.24) is 10.0 Å². The fourth-order valence-corrected chi connectivity index (χ4v) is 3.26. The van der Waals surface area contributed by atoms with Gasteiger partial charge >= 0.3 is 0 Å². The third-order valence-electron chi connectivity index (χ3n) is 3.93. The summed E-state index contributed by atoms with van der Waals surface area (Å²) in [5.41, 5.74) is 2.18. The molecule has 2 N–H and O–H groups in total. The zero-order chi connectivity index (χ0) is 16.1. The Morgan fingerprint density at radius 3 is 2.33 bits per heavy atom. The molecule has 1 aromatic carbocycles. The number of nitrogens with one attached hydrogen (secondary N) is 2. The Hall–Kier alpha value is -0.910. The van der Waals surface area contributed by atoms with Crippen LogP contribution in [0.4, 0.5) is 0 Å². The topological polar surface area (TPSA) is 58.2 Å². The van der Waals surface area contributed by atoms with E-state index < -0.39 is 10.0 Å². The fourth-order valence-electron chi connectivity index (χ4n) is 1.97. The third-order valence-corrected chi connectivity index (χ3v) is 5.33. The van der Waals surface area contributed by atoms with E-state index in [4.69, 9.17) is 0 Å². The monoisotopic (exact) mass is 312 g/mol. The van der Waals surface area contributed by atoms with Crippen LogP contribution in [0.2, 0.25) is 0 Å². The Kier molecular flexibility index (Phi) is 6.38. The fraction of sp³-hybridized carbons (Fsp3) is 0.625. The smallest absolute Gasteiger partial charge is 0.240 e. The van der Waals surface area contributed by atoms with Crippen molar-refractivity contribution >= 4 is 10.0 Å². The first kappa shape index (κ1) is 18.1. The molecule has 0 amide bonds. The van der Waals surface area contributed by atoms with Gasteiger partial charge in [-0.15, -0.1) is 0 Å². The normalized spacial score (nSPS) is 12.6. The van der Waals surface area contributed by atoms with Gasteiger partial charge in [-0.1, -0.05) is 33.8 Å². The van der Waals surface area contributed by atoms with Crippen LogP contribution in [0.1, 0.15) is 45.2 Å². The molecule has 5 heteroatoms. The third kappa shape index (κ3) is 5.09. The van der Waals surface area contributed by atoms with Gasteiger partial charge in [0, 0.05) is 13.1 Å². The van der Waals surface area contributed by atoms with Gasteiger partial charge in [-0.05, 0) is 48.6 Å². The number of hydrogen-bond acceptors (Lipinski definition) is 3. The largest absolute Gasteiger partial charge is 0.316 e. The van der Waals surface area contributed by atoms with Crippen LogP contribution >= 0.6 is 0 Å². The van der Waals surface area contributed by atoms with Crippen molar-refractivity contribution in [3.05, 3.63) is 29.3 Å². The average molecular weight is 312 g/mol. The van der Waals surface area contributed by atoms with Crippen molar-refractivity contribution in [3.8, 4) is 0 Å². The molecule has 0 radical (unpaired) electrons. The maximum absolute atomic E-state index is 12.4. The lowest BCUT2D eigenvalue weighted by Crippen LogP contribution is -2.33. The van der Waals surface area contributed by atoms with Crippen molar-refractivity contribution in [1.29, 1.82) is 0 Å². The van der Waals surface area contributed by atoms with Gasteiger partial charge in [-0.25, -0.2) is 13.1 Å². The molecule has 120 valence electrons. The molecule has 0 bridgehead atoms. The van der Waals surface area contributed by atoms with Crippen molar-refractivity contribution in [2.24, 2.45) is 5.41 Å². The lowest BCUT2D eigenvalue weighted by molar-refractivity contribution is 0.350. The standard InChI is InChI=1S/C16H28N2O2S/c1-6-13-8-9-15(10-14(13)11-17-5)21(19,20)18-12-16(3,4)7-2/h8-10,17-18H,6-7,11-12H2,1-5H3. The number of benzene rings is 1.